The molecule has 0 aromatic carbocycles. The van der Waals surface area contributed by atoms with Gasteiger partial charge in [0, 0.05) is 38.4 Å². The van der Waals surface area contributed by atoms with E-state index in [-0.39, 0.29) is 5.91 Å². The van der Waals surface area contributed by atoms with E-state index in [2.05, 4.69) is 15.7 Å². The molecule has 0 fully saturated rings. The zero-order chi connectivity index (χ0) is 12.5. The van der Waals surface area contributed by atoms with E-state index in [4.69, 9.17) is 0 Å². The maximum atomic E-state index is 11.1. The summed E-state index contributed by atoms with van der Waals surface area (Å²) in [6, 6.07) is 1.81. The highest BCUT2D eigenvalue weighted by Crippen LogP contribution is 1.90. The first-order valence-corrected chi connectivity index (χ1v) is 5.85. The molecule has 0 bridgehead atoms. The van der Waals surface area contributed by atoms with Crippen LogP contribution in [0.1, 0.15) is 13.3 Å². The van der Waals surface area contributed by atoms with E-state index in [0.29, 0.717) is 32.6 Å². The number of hydrogen-bond acceptors (Lipinski definition) is 4. The van der Waals surface area contributed by atoms with Crippen LogP contribution in [-0.2, 0) is 11.3 Å². The van der Waals surface area contributed by atoms with Gasteiger partial charge in [-0.1, -0.05) is 0 Å². The van der Waals surface area contributed by atoms with Crippen LogP contribution in [0.2, 0.25) is 0 Å². The van der Waals surface area contributed by atoms with Crippen molar-refractivity contribution in [3.05, 3.63) is 18.5 Å². The van der Waals surface area contributed by atoms with Gasteiger partial charge in [-0.3, -0.25) is 9.48 Å². The second kappa shape index (κ2) is 7.81. The zero-order valence-corrected chi connectivity index (χ0v) is 10.1. The standard InChI is InChI=1S/C11H20N4O2/c1-2-13-11(17)4-6-12-8-10(16)9-15-7-3-5-14-15/h3,5,7,10,12,16H,2,4,6,8-9H2,1H3,(H,13,17). The topological polar surface area (TPSA) is 79.2 Å². The van der Waals surface area contributed by atoms with Crippen molar-refractivity contribution < 1.29 is 9.90 Å². The molecule has 0 saturated heterocycles. The number of amides is 1. The van der Waals surface area contributed by atoms with Crippen LogP contribution in [0.4, 0.5) is 0 Å². The van der Waals surface area contributed by atoms with Crippen LogP contribution in [0.25, 0.3) is 0 Å². The molecule has 1 atom stereocenters. The number of hydrogen-bond donors (Lipinski definition) is 3. The van der Waals surface area contributed by atoms with Crippen LogP contribution in [0.15, 0.2) is 18.5 Å². The molecule has 1 aromatic heterocycles. The molecule has 0 aliphatic carbocycles. The third kappa shape index (κ3) is 6.03. The monoisotopic (exact) mass is 240 g/mol. The number of carbonyl (C=O) groups is 1. The van der Waals surface area contributed by atoms with Crippen LogP contribution in [0.5, 0.6) is 0 Å². The van der Waals surface area contributed by atoms with Gasteiger partial charge in [-0.15, -0.1) is 0 Å². The smallest absolute Gasteiger partial charge is 0.221 e. The summed E-state index contributed by atoms with van der Waals surface area (Å²) in [5.41, 5.74) is 0. The van der Waals surface area contributed by atoms with Crippen molar-refractivity contribution in [3.63, 3.8) is 0 Å². The first-order valence-electron chi connectivity index (χ1n) is 5.85. The summed E-state index contributed by atoms with van der Waals surface area (Å²) >= 11 is 0. The fraction of sp³-hybridized carbons (Fsp3) is 0.636. The molecule has 6 nitrogen and oxygen atoms in total. The maximum Gasteiger partial charge on any atom is 0.221 e. The molecule has 0 spiro atoms. The lowest BCUT2D eigenvalue weighted by Crippen LogP contribution is -2.33. The van der Waals surface area contributed by atoms with Gasteiger partial charge in [-0.25, -0.2) is 0 Å². The lowest BCUT2D eigenvalue weighted by Gasteiger charge is -2.11. The molecule has 1 aromatic rings. The number of aliphatic hydroxyl groups excluding tert-OH is 1. The van der Waals surface area contributed by atoms with Gasteiger partial charge in [0.05, 0.1) is 12.6 Å². The molecule has 3 N–H and O–H groups in total. The molecule has 6 heteroatoms. The largest absolute Gasteiger partial charge is 0.390 e. The van der Waals surface area contributed by atoms with Crippen molar-refractivity contribution in [2.45, 2.75) is 26.0 Å². The molecule has 17 heavy (non-hydrogen) atoms. The molecule has 0 radical (unpaired) electrons. The van der Waals surface area contributed by atoms with Crippen molar-refractivity contribution >= 4 is 5.91 Å². The van der Waals surface area contributed by atoms with Crippen molar-refractivity contribution in [2.75, 3.05) is 19.6 Å². The Bertz CT molecular complexity index is 313. The number of rotatable bonds is 8. The van der Waals surface area contributed by atoms with E-state index in [0.717, 1.165) is 0 Å². The second-order valence-electron chi connectivity index (χ2n) is 3.79. The third-order valence-electron chi connectivity index (χ3n) is 2.24. The molecule has 1 amide bonds. The van der Waals surface area contributed by atoms with Crippen LogP contribution in [0, 0.1) is 0 Å². The van der Waals surface area contributed by atoms with Crippen molar-refractivity contribution in [1.29, 1.82) is 0 Å². The normalized spacial score (nSPS) is 12.4. The quantitative estimate of drug-likeness (QED) is 0.528. The zero-order valence-electron chi connectivity index (χ0n) is 10.1. The molecule has 1 unspecified atom stereocenters. The number of carbonyl (C=O) groups excluding carboxylic acids is 1. The lowest BCUT2D eigenvalue weighted by molar-refractivity contribution is -0.120. The first kappa shape index (κ1) is 13.7. The fourth-order valence-electron chi connectivity index (χ4n) is 1.45. The minimum absolute atomic E-state index is 0.0292. The minimum Gasteiger partial charge on any atom is -0.390 e. The number of aliphatic hydroxyl groups is 1. The van der Waals surface area contributed by atoms with Crippen LogP contribution in [-0.4, -0.2) is 46.5 Å². The van der Waals surface area contributed by atoms with Gasteiger partial charge in [0.2, 0.25) is 5.91 Å². The Balaban J connectivity index is 2.04. The predicted octanol–water partition coefficient (Wildman–Crippen LogP) is -0.640. The summed E-state index contributed by atoms with van der Waals surface area (Å²) in [4.78, 5) is 11.1. The van der Waals surface area contributed by atoms with Crippen LogP contribution >= 0.6 is 0 Å². The Morgan fingerprint density at radius 2 is 2.41 bits per heavy atom. The molecular formula is C11H20N4O2. The van der Waals surface area contributed by atoms with E-state index in [1.807, 2.05) is 13.0 Å². The van der Waals surface area contributed by atoms with Gasteiger partial charge in [0.25, 0.3) is 0 Å². The van der Waals surface area contributed by atoms with E-state index < -0.39 is 6.10 Å². The number of aromatic nitrogens is 2. The maximum absolute atomic E-state index is 11.1. The Morgan fingerprint density at radius 3 is 3.06 bits per heavy atom. The third-order valence-corrected chi connectivity index (χ3v) is 2.24. The minimum atomic E-state index is -0.496. The molecule has 0 aliphatic rings. The SMILES string of the molecule is CCNC(=O)CCNCC(O)Cn1cccn1. The van der Waals surface area contributed by atoms with Gasteiger partial charge in [0.1, 0.15) is 0 Å². The highest BCUT2D eigenvalue weighted by atomic mass is 16.3. The molecule has 1 rings (SSSR count). The van der Waals surface area contributed by atoms with E-state index in [1.54, 1.807) is 17.1 Å². The summed E-state index contributed by atoms with van der Waals surface area (Å²) in [5.74, 6) is 0.0292. The molecule has 0 aliphatic heterocycles. The molecule has 96 valence electrons. The first-order chi connectivity index (χ1) is 8.22. The predicted molar refractivity (Wildman–Crippen MR) is 64.4 cm³/mol. The average Bonchev–Trinajstić information content (AvgIpc) is 2.77. The Morgan fingerprint density at radius 1 is 1.59 bits per heavy atom. The van der Waals surface area contributed by atoms with Crippen molar-refractivity contribution in [2.24, 2.45) is 0 Å². The average molecular weight is 240 g/mol. The lowest BCUT2D eigenvalue weighted by atomic mass is 10.3. The van der Waals surface area contributed by atoms with Gasteiger partial charge in [-0.2, -0.15) is 5.10 Å². The Hall–Kier alpha value is -1.40. The van der Waals surface area contributed by atoms with Gasteiger partial charge < -0.3 is 15.7 Å². The fourth-order valence-corrected chi connectivity index (χ4v) is 1.45. The van der Waals surface area contributed by atoms with Crippen molar-refractivity contribution in [3.8, 4) is 0 Å². The highest BCUT2D eigenvalue weighted by molar-refractivity contribution is 5.75. The molecule has 0 saturated carbocycles. The van der Waals surface area contributed by atoms with Crippen LogP contribution in [0.3, 0.4) is 0 Å². The summed E-state index contributed by atoms with van der Waals surface area (Å²) in [7, 11) is 0. The van der Waals surface area contributed by atoms with Gasteiger partial charge in [0.15, 0.2) is 0 Å². The molecule has 1 heterocycles. The van der Waals surface area contributed by atoms with E-state index in [9.17, 15) is 9.90 Å². The molecular weight excluding hydrogens is 220 g/mol. The van der Waals surface area contributed by atoms with Crippen molar-refractivity contribution in [1.82, 2.24) is 20.4 Å². The highest BCUT2D eigenvalue weighted by Gasteiger charge is 2.05. The van der Waals surface area contributed by atoms with E-state index in [1.165, 1.54) is 0 Å². The summed E-state index contributed by atoms with van der Waals surface area (Å²) in [6.07, 6.45) is 3.42. The second-order valence-corrected chi connectivity index (χ2v) is 3.79. The van der Waals surface area contributed by atoms with Crippen LogP contribution < -0.4 is 10.6 Å². The van der Waals surface area contributed by atoms with Gasteiger partial charge in [-0.05, 0) is 13.0 Å². The summed E-state index contributed by atoms with van der Waals surface area (Å²) in [6.45, 7) is 4.03. The number of nitrogens with zero attached hydrogens (tertiary/aromatic N) is 2. The number of nitrogens with one attached hydrogen (secondary N) is 2. The Kier molecular flexibility index (Phi) is 6.27. The Labute approximate surface area is 101 Å². The summed E-state index contributed by atoms with van der Waals surface area (Å²) < 4.78 is 1.68. The summed E-state index contributed by atoms with van der Waals surface area (Å²) in [5, 5.41) is 19.4. The van der Waals surface area contributed by atoms with Gasteiger partial charge >= 0.3 is 0 Å². The van der Waals surface area contributed by atoms with E-state index >= 15 is 0 Å².